The summed E-state index contributed by atoms with van der Waals surface area (Å²) in [6, 6.07) is 75.1. The first-order chi connectivity index (χ1) is 27.3. The lowest BCUT2D eigenvalue weighted by atomic mass is 9.97. The molecule has 0 aliphatic heterocycles. The zero-order chi connectivity index (χ0) is 36.3. The molecule has 0 aliphatic carbocycles. The molecule has 0 aliphatic rings. The van der Waals surface area contributed by atoms with E-state index in [1.807, 2.05) is 11.3 Å². The van der Waals surface area contributed by atoms with Gasteiger partial charge in [0.25, 0.3) is 0 Å². The second-order valence-corrected chi connectivity index (χ2v) is 15.1. The lowest BCUT2D eigenvalue weighted by Crippen LogP contribution is -2.11. The summed E-state index contributed by atoms with van der Waals surface area (Å²) in [5.74, 6) is 0. The molecule has 2 nitrogen and oxygen atoms in total. The van der Waals surface area contributed by atoms with Crippen LogP contribution in [0.2, 0.25) is 0 Å². The molecule has 0 saturated carbocycles. The molecule has 55 heavy (non-hydrogen) atoms. The van der Waals surface area contributed by atoms with E-state index in [0.717, 1.165) is 22.7 Å². The fourth-order valence-electron chi connectivity index (χ4n) is 8.49. The number of fused-ring (bicyclic) bond motifs is 7. The molecule has 0 saturated heterocycles. The largest absolute Gasteiger partial charge is 0.310 e. The Morgan fingerprint density at radius 3 is 1.71 bits per heavy atom. The Balaban J connectivity index is 1.11. The van der Waals surface area contributed by atoms with Gasteiger partial charge in [0, 0.05) is 53.6 Å². The van der Waals surface area contributed by atoms with Crippen molar-refractivity contribution in [2.24, 2.45) is 0 Å². The van der Waals surface area contributed by atoms with Crippen LogP contribution in [0.1, 0.15) is 0 Å². The zero-order valence-electron chi connectivity index (χ0n) is 29.9. The van der Waals surface area contributed by atoms with Crippen LogP contribution in [-0.4, -0.2) is 4.57 Å². The lowest BCUT2D eigenvalue weighted by molar-refractivity contribution is 1.18. The Morgan fingerprint density at radius 1 is 0.382 bits per heavy atom. The maximum Gasteiger partial charge on any atom is 0.0554 e. The monoisotopic (exact) mass is 718 g/mol. The molecule has 2 heterocycles. The first kappa shape index (κ1) is 31.6. The van der Waals surface area contributed by atoms with Crippen LogP contribution in [0.5, 0.6) is 0 Å². The maximum atomic E-state index is 2.42. The van der Waals surface area contributed by atoms with Crippen LogP contribution in [0.3, 0.4) is 0 Å². The average molecular weight is 719 g/mol. The van der Waals surface area contributed by atoms with Gasteiger partial charge in [0.1, 0.15) is 0 Å². The fraction of sp³-hybridized carbons (Fsp3) is 0. The molecule has 9 aromatic carbocycles. The molecule has 0 bridgehead atoms. The first-order valence-electron chi connectivity index (χ1n) is 18.8. The number of rotatable bonds is 6. The highest BCUT2D eigenvalue weighted by atomic mass is 32.1. The highest BCUT2D eigenvalue weighted by Gasteiger charge is 2.22. The summed E-state index contributed by atoms with van der Waals surface area (Å²) in [5.41, 5.74) is 11.8. The van der Waals surface area contributed by atoms with Gasteiger partial charge in [-0.15, -0.1) is 11.3 Å². The van der Waals surface area contributed by atoms with Gasteiger partial charge in [-0.3, -0.25) is 0 Å². The summed E-state index contributed by atoms with van der Waals surface area (Å²) in [7, 11) is 0. The van der Waals surface area contributed by atoms with Crippen LogP contribution in [0, 0.1) is 0 Å². The van der Waals surface area contributed by atoms with Crippen molar-refractivity contribution < 1.29 is 0 Å². The normalized spacial score (nSPS) is 11.6. The third-order valence-electron chi connectivity index (χ3n) is 11.0. The van der Waals surface area contributed by atoms with Gasteiger partial charge in [-0.25, -0.2) is 0 Å². The van der Waals surface area contributed by atoms with Gasteiger partial charge in [-0.2, -0.15) is 0 Å². The van der Waals surface area contributed by atoms with Crippen molar-refractivity contribution in [3.8, 4) is 27.9 Å². The van der Waals surface area contributed by atoms with E-state index in [-0.39, 0.29) is 0 Å². The SMILES string of the molecule is c1ccc(N(c2ccc(-c3cccc4ccccc34)cc2)c2ccc3c(sc4ccccc43)c2-c2ccc(-n3c4ccccc4c4ccccc43)cc2)cc1. The molecule has 11 aromatic rings. The van der Waals surface area contributed by atoms with E-state index in [1.165, 1.54) is 75.0 Å². The third kappa shape index (κ3) is 5.16. The third-order valence-corrected chi connectivity index (χ3v) is 12.2. The van der Waals surface area contributed by atoms with Crippen molar-refractivity contribution in [2.75, 3.05) is 4.90 Å². The van der Waals surface area contributed by atoms with Crippen molar-refractivity contribution in [1.82, 2.24) is 4.57 Å². The van der Waals surface area contributed by atoms with Crippen LogP contribution in [0.25, 0.3) is 80.7 Å². The van der Waals surface area contributed by atoms with Gasteiger partial charge in [0.15, 0.2) is 0 Å². The minimum absolute atomic E-state index is 1.11. The summed E-state index contributed by atoms with van der Waals surface area (Å²) in [6.45, 7) is 0. The minimum atomic E-state index is 1.11. The smallest absolute Gasteiger partial charge is 0.0554 e. The summed E-state index contributed by atoms with van der Waals surface area (Å²) < 4.78 is 4.98. The Hall–Kier alpha value is -6.94. The predicted molar refractivity (Wildman–Crippen MR) is 237 cm³/mol. The molecule has 0 N–H and O–H groups in total. The number of benzene rings is 9. The molecule has 258 valence electrons. The lowest BCUT2D eigenvalue weighted by Gasteiger charge is -2.28. The Morgan fingerprint density at radius 2 is 0.964 bits per heavy atom. The molecule has 11 rings (SSSR count). The Labute approximate surface area is 323 Å². The summed E-state index contributed by atoms with van der Waals surface area (Å²) in [5, 5.41) is 7.63. The van der Waals surface area contributed by atoms with Crippen molar-refractivity contribution in [2.45, 2.75) is 0 Å². The van der Waals surface area contributed by atoms with Crippen molar-refractivity contribution in [3.05, 3.63) is 206 Å². The number of para-hydroxylation sites is 3. The number of anilines is 3. The van der Waals surface area contributed by atoms with Crippen molar-refractivity contribution >= 4 is 81.1 Å². The summed E-state index contributed by atoms with van der Waals surface area (Å²) >= 11 is 1.88. The zero-order valence-corrected chi connectivity index (χ0v) is 30.7. The van der Waals surface area contributed by atoms with Crippen molar-refractivity contribution in [1.29, 1.82) is 0 Å². The van der Waals surface area contributed by atoms with Crippen molar-refractivity contribution in [3.63, 3.8) is 0 Å². The number of hydrogen-bond donors (Lipinski definition) is 0. The van der Waals surface area contributed by atoms with Crippen LogP contribution < -0.4 is 4.90 Å². The number of hydrogen-bond acceptors (Lipinski definition) is 2. The van der Waals surface area contributed by atoms with E-state index in [9.17, 15) is 0 Å². The van der Waals surface area contributed by atoms with E-state index in [0.29, 0.717) is 0 Å². The highest BCUT2D eigenvalue weighted by molar-refractivity contribution is 7.26. The molecular formula is C52H34N2S. The minimum Gasteiger partial charge on any atom is -0.310 e. The molecule has 0 radical (unpaired) electrons. The van der Waals surface area contributed by atoms with Gasteiger partial charge in [0.2, 0.25) is 0 Å². The molecule has 0 unspecified atom stereocenters. The molecular weight excluding hydrogens is 685 g/mol. The predicted octanol–water partition coefficient (Wildman–Crippen LogP) is 15.1. The molecule has 3 heteroatoms. The molecule has 0 amide bonds. The molecule has 0 spiro atoms. The highest BCUT2D eigenvalue weighted by Crippen LogP contribution is 2.49. The average Bonchev–Trinajstić information content (AvgIpc) is 3.80. The summed E-state index contributed by atoms with van der Waals surface area (Å²) in [4.78, 5) is 2.42. The molecule has 2 aromatic heterocycles. The van der Waals surface area contributed by atoms with Crippen LogP contribution >= 0.6 is 11.3 Å². The quantitative estimate of drug-likeness (QED) is 0.166. The van der Waals surface area contributed by atoms with Crippen LogP contribution in [0.4, 0.5) is 17.1 Å². The van der Waals surface area contributed by atoms with Gasteiger partial charge in [0.05, 0.1) is 16.7 Å². The second-order valence-electron chi connectivity index (χ2n) is 14.1. The number of thiophene rings is 1. The Kier molecular flexibility index (Phi) is 7.39. The van der Waals surface area contributed by atoms with Gasteiger partial charge >= 0.3 is 0 Å². The first-order valence-corrected chi connectivity index (χ1v) is 19.6. The van der Waals surface area contributed by atoms with Crippen LogP contribution in [-0.2, 0) is 0 Å². The fourth-order valence-corrected chi connectivity index (χ4v) is 9.76. The van der Waals surface area contributed by atoms with E-state index in [4.69, 9.17) is 0 Å². The van der Waals surface area contributed by atoms with Gasteiger partial charge in [-0.05, 0) is 88.1 Å². The van der Waals surface area contributed by atoms with E-state index in [1.54, 1.807) is 0 Å². The van der Waals surface area contributed by atoms with Gasteiger partial charge in [-0.1, -0.05) is 146 Å². The van der Waals surface area contributed by atoms with E-state index in [2.05, 4.69) is 216 Å². The maximum absolute atomic E-state index is 2.42. The second kappa shape index (κ2) is 12.9. The Bertz CT molecular complexity index is 3130. The number of nitrogens with zero attached hydrogens (tertiary/aromatic N) is 2. The molecule has 0 fully saturated rings. The topological polar surface area (TPSA) is 8.17 Å². The standard InChI is InChI=1S/C52H34N2S/c1-2-15-38(16-3-1)53(39-29-25-36(26-30-39)42-21-12-14-35-13-4-5-17-41(35)42)49-34-33-46-45-20-8-11-24-50(45)55-52(46)51(49)37-27-31-40(32-28-37)54-47-22-9-6-18-43(47)44-19-7-10-23-48(44)54/h1-34H. The van der Waals surface area contributed by atoms with E-state index >= 15 is 0 Å². The number of aromatic nitrogens is 1. The van der Waals surface area contributed by atoms with Gasteiger partial charge < -0.3 is 9.47 Å². The van der Waals surface area contributed by atoms with E-state index < -0.39 is 0 Å². The summed E-state index contributed by atoms with van der Waals surface area (Å²) in [6.07, 6.45) is 0. The molecule has 0 atom stereocenters. The van der Waals surface area contributed by atoms with Crippen LogP contribution in [0.15, 0.2) is 206 Å².